The fraction of sp³-hybridized carbons (Fsp3) is 0.333. The summed E-state index contributed by atoms with van der Waals surface area (Å²) in [5.41, 5.74) is 2.46. The van der Waals surface area contributed by atoms with Gasteiger partial charge in [0.15, 0.2) is 22.9 Å². The molecular formula is C12H15N7. The molecule has 0 atom stereocenters. The second kappa shape index (κ2) is 4.34. The molecule has 7 heteroatoms. The van der Waals surface area contributed by atoms with Crippen LogP contribution in [0.5, 0.6) is 0 Å². The van der Waals surface area contributed by atoms with Crippen molar-refractivity contribution in [3.63, 3.8) is 0 Å². The minimum Gasteiger partial charge on any atom is -0.322 e. The highest BCUT2D eigenvalue weighted by Crippen LogP contribution is 2.18. The summed E-state index contributed by atoms with van der Waals surface area (Å²) in [6.07, 6.45) is 3.35. The minimum atomic E-state index is 0.411. The third kappa shape index (κ3) is 2.14. The standard InChI is InChI=1S/C12H15N7/c1-7(2)8-4-9(18-17-8)15-10-5-13-11-12(16-10)19(3)6-14-11/h4-7H,1-3H3,(H2,15,16,17,18). The van der Waals surface area contributed by atoms with Crippen LogP contribution in [0, 0.1) is 0 Å². The van der Waals surface area contributed by atoms with Crippen LogP contribution in [0.25, 0.3) is 11.3 Å². The average Bonchev–Trinajstić information content (AvgIpc) is 2.98. The first-order valence-electron chi connectivity index (χ1n) is 6.10. The van der Waals surface area contributed by atoms with Crippen LogP contribution in [0.4, 0.5) is 11.6 Å². The first-order chi connectivity index (χ1) is 9.13. The summed E-state index contributed by atoms with van der Waals surface area (Å²) in [4.78, 5) is 12.8. The highest BCUT2D eigenvalue weighted by atomic mass is 15.2. The van der Waals surface area contributed by atoms with Crippen LogP contribution < -0.4 is 5.32 Å². The van der Waals surface area contributed by atoms with Crippen molar-refractivity contribution in [3.8, 4) is 0 Å². The molecule has 0 amide bonds. The lowest BCUT2D eigenvalue weighted by Gasteiger charge is -2.01. The first-order valence-corrected chi connectivity index (χ1v) is 6.10. The minimum absolute atomic E-state index is 0.411. The van der Waals surface area contributed by atoms with Crippen molar-refractivity contribution < 1.29 is 0 Å². The van der Waals surface area contributed by atoms with Crippen LogP contribution in [0.1, 0.15) is 25.5 Å². The van der Waals surface area contributed by atoms with Crippen LogP contribution in [-0.4, -0.2) is 29.7 Å². The molecule has 19 heavy (non-hydrogen) atoms. The zero-order chi connectivity index (χ0) is 13.4. The van der Waals surface area contributed by atoms with E-state index in [1.54, 1.807) is 12.5 Å². The van der Waals surface area contributed by atoms with E-state index in [4.69, 9.17) is 0 Å². The molecule has 0 fully saturated rings. The van der Waals surface area contributed by atoms with E-state index in [-0.39, 0.29) is 0 Å². The highest BCUT2D eigenvalue weighted by molar-refractivity contribution is 5.68. The molecule has 0 saturated carbocycles. The Morgan fingerprint density at radius 3 is 2.84 bits per heavy atom. The molecule has 0 aliphatic heterocycles. The summed E-state index contributed by atoms with van der Waals surface area (Å²) >= 11 is 0. The van der Waals surface area contributed by atoms with Gasteiger partial charge in [0.1, 0.15) is 0 Å². The van der Waals surface area contributed by atoms with Gasteiger partial charge in [-0.05, 0) is 5.92 Å². The van der Waals surface area contributed by atoms with Gasteiger partial charge in [-0.2, -0.15) is 5.10 Å². The Hall–Kier alpha value is -2.44. The number of imidazole rings is 1. The molecular weight excluding hydrogens is 242 g/mol. The zero-order valence-electron chi connectivity index (χ0n) is 11.0. The van der Waals surface area contributed by atoms with Gasteiger partial charge in [0, 0.05) is 18.8 Å². The summed E-state index contributed by atoms with van der Waals surface area (Å²) in [7, 11) is 1.89. The highest BCUT2D eigenvalue weighted by Gasteiger charge is 2.08. The fourth-order valence-corrected chi connectivity index (χ4v) is 1.78. The van der Waals surface area contributed by atoms with Gasteiger partial charge in [0.25, 0.3) is 0 Å². The molecule has 0 unspecified atom stereocenters. The molecule has 0 aliphatic carbocycles. The SMILES string of the molecule is CC(C)c1cc(Nc2cnc3ncn(C)c3n2)n[nH]1. The molecule has 0 saturated heterocycles. The Morgan fingerprint density at radius 1 is 1.26 bits per heavy atom. The van der Waals surface area contributed by atoms with Crippen molar-refractivity contribution >= 4 is 22.9 Å². The molecule has 7 nitrogen and oxygen atoms in total. The van der Waals surface area contributed by atoms with Crippen molar-refractivity contribution in [1.82, 2.24) is 29.7 Å². The van der Waals surface area contributed by atoms with E-state index in [2.05, 4.69) is 44.3 Å². The monoisotopic (exact) mass is 257 g/mol. The lowest BCUT2D eigenvalue weighted by atomic mass is 10.1. The Balaban J connectivity index is 1.89. The quantitative estimate of drug-likeness (QED) is 0.749. The number of H-pyrrole nitrogens is 1. The van der Waals surface area contributed by atoms with Gasteiger partial charge >= 0.3 is 0 Å². The number of aromatic nitrogens is 6. The molecule has 0 aliphatic rings. The van der Waals surface area contributed by atoms with E-state index >= 15 is 0 Å². The number of nitrogens with one attached hydrogen (secondary N) is 2. The fourth-order valence-electron chi connectivity index (χ4n) is 1.78. The van der Waals surface area contributed by atoms with Crippen molar-refractivity contribution in [2.45, 2.75) is 19.8 Å². The van der Waals surface area contributed by atoms with Gasteiger partial charge in [-0.15, -0.1) is 0 Å². The van der Waals surface area contributed by atoms with E-state index < -0.39 is 0 Å². The summed E-state index contributed by atoms with van der Waals surface area (Å²) < 4.78 is 1.83. The second-order valence-corrected chi connectivity index (χ2v) is 4.75. The number of aryl methyl sites for hydroxylation is 1. The Morgan fingerprint density at radius 2 is 2.11 bits per heavy atom. The van der Waals surface area contributed by atoms with Crippen LogP contribution in [0.2, 0.25) is 0 Å². The maximum Gasteiger partial charge on any atom is 0.197 e. The van der Waals surface area contributed by atoms with E-state index in [1.807, 2.05) is 17.7 Å². The molecule has 3 aromatic heterocycles. The lowest BCUT2D eigenvalue weighted by molar-refractivity contribution is 0.811. The number of rotatable bonds is 3. The number of anilines is 2. The van der Waals surface area contributed by atoms with Crippen LogP contribution >= 0.6 is 0 Å². The van der Waals surface area contributed by atoms with E-state index in [0.717, 1.165) is 17.2 Å². The van der Waals surface area contributed by atoms with Gasteiger partial charge in [-0.1, -0.05) is 13.8 Å². The normalized spacial score (nSPS) is 11.4. The zero-order valence-corrected chi connectivity index (χ0v) is 11.0. The Labute approximate surface area is 110 Å². The predicted molar refractivity (Wildman–Crippen MR) is 72.3 cm³/mol. The van der Waals surface area contributed by atoms with E-state index in [1.165, 1.54) is 0 Å². The molecule has 3 heterocycles. The summed E-state index contributed by atoms with van der Waals surface area (Å²) in [5.74, 6) is 1.80. The van der Waals surface area contributed by atoms with Gasteiger partial charge < -0.3 is 9.88 Å². The molecule has 0 spiro atoms. The summed E-state index contributed by atoms with van der Waals surface area (Å²) in [6.45, 7) is 4.22. The van der Waals surface area contributed by atoms with Crippen molar-refractivity contribution in [2.75, 3.05) is 5.32 Å². The smallest absolute Gasteiger partial charge is 0.197 e. The van der Waals surface area contributed by atoms with Crippen LogP contribution in [0.15, 0.2) is 18.6 Å². The average molecular weight is 257 g/mol. The number of aromatic amines is 1. The van der Waals surface area contributed by atoms with Crippen molar-refractivity contribution in [2.24, 2.45) is 7.05 Å². The molecule has 0 radical (unpaired) electrons. The van der Waals surface area contributed by atoms with Crippen molar-refractivity contribution in [1.29, 1.82) is 0 Å². The molecule has 98 valence electrons. The van der Waals surface area contributed by atoms with E-state index in [0.29, 0.717) is 17.4 Å². The molecule has 2 N–H and O–H groups in total. The molecule has 0 bridgehead atoms. The van der Waals surface area contributed by atoms with Gasteiger partial charge in [0.05, 0.1) is 12.5 Å². The second-order valence-electron chi connectivity index (χ2n) is 4.75. The molecule has 0 aromatic carbocycles. The van der Waals surface area contributed by atoms with Gasteiger partial charge in [-0.3, -0.25) is 5.10 Å². The Bertz CT molecular complexity index is 710. The lowest BCUT2D eigenvalue weighted by Crippen LogP contribution is -1.97. The third-order valence-corrected chi connectivity index (χ3v) is 2.90. The maximum absolute atomic E-state index is 4.46. The van der Waals surface area contributed by atoms with Crippen LogP contribution in [0.3, 0.4) is 0 Å². The largest absolute Gasteiger partial charge is 0.322 e. The van der Waals surface area contributed by atoms with E-state index in [9.17, 15) is 0 Å². The molecule has 3 aromatic rings. The molecule has 3 rings (SSSR count). The summed E-state index contributed by atoms with van der Waals surface area (Å²) in [6, 6.07) is 1.97. The number of fused-ring (bicyclic) bond motifs is 1. The van der Waals surface area contributed by atoms with Crippen molar-refractivity contribution in [3.05, 3.63) is 24.3 Å². The first kappa shape index (κ1) is 11.6. The maximum atomic E-state index is 4.46. The van der Waals surface area contributed by atoms with Crippen LogP contribution in [-0.2, 0) is 7.05 Å². The third-order valence-electron chi connectivity index (χ3n) is 2.90. The predicted octanol–water partition coefficient (Wildman–Crippen LogP) is 1.95. The topological polar surface area (TPSA) is 84.3 Å². The number of hydrogen-bond acceptors (Lipinski definition) is 5. The number of nitrogens with zero attached hydrogens (tertiary/aromatic N) is 5. The summed E-state index contributed by atoms with van der Waals surface area (Å²) in [5, 5.41) is 10.3. The number of hydrogen-bond donors (Lipinski definition) is 2. The Kier molecular flexibility index (Phi) is 2.66. The van der Waals surface area contributed by atoms with Gasteiger partial charge in [0.2, 0.25) is 0 Å². The van der Waals surface area contributed by atoms with Gasteiger partial charge in [-0.25, -0.2) is 15.0 Å².